The highest BCUT2D eigenvalue weighted by Crippen LogP contribution is 2.44. The quantitative estimate of drug-likeness (QED) is 0.393. The molecule has 0 bridgehead atoms. The third kappa shape index (κ3) is 4.19. The molecule has 0 amide bonds. The summed E-state index contributed by atoms with van der Waals surface area (Å²) in [5, 5.41) is 4.16. The van der Waals surface area contributed by atoms with E-state index in [1.54, 1.807) is 18.7 Å². The van der Waals surface area contributed by atoms with Crippen molar-refractivity contribution in [2.75, 3.05) is 0 Å². The molecule has 0 fully saturated rings. The summed E-state index contributed by atoms with van der Waals surface area (Å²) in [6.45, 7) is 5.81. The average molecular weight is 421 g/mol. The lowest BCUT2D eigenvalue weighted by Crippen LogP contribution is -2.24. The maximum atomic E-state index is 12.1. The first kappa shape index (κ1) is 23.1. The Morgan fingerprint density at radius 3 is 2.60 bits per heavy atom. The number of terminal acetylenes is 1. The van der Waals surface area contributed by atoms with Crippen LogP contribution < -0.4 is 0 Å². The molecule has 0 N–H and O–H groups in total. The second-order valence-corrected chi connectivity index (χ2v) is 7.07. The van der Waals surface area contributed by atoms with Crippen molar-refractivity contribution in [1.29, 1.82) is 0 Å². The molecule has 1 aliphatic carbocycles. The normalized spacial score (nSPS) is 13.5. The molecule has 1 atom stereocenters. The van der Waals surface area contributed by atoms with E-state index in [4.69, 9.17) is 11.6 Å². The Morgan fingerprint density at radius 2 is 1.97 bits per heavy atom. The van der Waals surface area contributed by atoms with Crippen LogP contribution in [0.4, 0.5) is 0 Å². The summed E-state index contributed by atoms with van der Waals surface area (Å²) in [7, 11) is 1.86. The van der Waals surface area contributed by atoms with Crippen LogP contribution in [-0.4, -0.2) is 14.5 Å². The maximum Gasteiger partial charge on any atom is 0.166 e. The van der Waals surface area contributed by atoms with E-state index in [1.807, 2.05) is 68.8 Å². The molecule has 0 radical (unpaired) electrons. The fraction of sp³-hybridized carbons (Fsp3) is 0.250. The first-order valence-electron chi connectivity index (χ1n) is 9.62. The Balaban J connectivity index is 0.000000757. The fourth-order valence-corrected chi connectivity index (χ4v) is 3.73. The van der Waals surface area contributed by atoms with Crippen LogP contribution in [0, 0.1) is 17.8 Å². The van der Waals surface area contributed by atoms with Gasteiger partial charge in [-0.05, 0) is 53.5 Å². The second kappa shape index (κ2) is 10.00. The van der Waals surface area contributed by atoms with Crippen molar-refractivity contribution in [2.24, 2.45) is 12.2 Å². The molecule has 30 heavy (non-hydrogen) atoms. The molecule has 154 valence electrons. The third-order valence-corrected chi connectivity index (χ3v) is 5.20. The second-order valence-electron chi connectivity index (χ2n) is 6.63. The molecule has 0 spiro atoms. The minimum absolute atomic E-state index is 0.617. The number of aryl methyl sites for hydroxylation is 1. The predicted molar refractivity (Wildman–Crippen MR) is 124 cm³/mol. The Morgan fingerprint density at radius 1 is 1.23 bits per heavy atom. The third-order valence-electron chi connectivity index (χ3n) is 4.97. The number of benzene rings is 1. The predicted octanol–water partition coefficient (Wildman–Crippen LogP) is 5.87. The molecule has 0 saturated carbocycles. The van der Waals surface area contributed by atoms with Crippen LogP contribution in [-0.2, 0) is 19.0 Å². The molecule has 1 aromatic carbocycles. The average Bonchev–Trinajstić information content (AvgIpc) is 3.15. The molecule has 1 unspecified atom stereocenters. The smallest absolute Gasteiger partial charge is 0.166 e. The van der Waals surface area contributed by atoms with Crippen molar-refractivity contribution in [3.05, 3.63) is 87.1 Å². The minimum atomic E-state index is -1.11. The van der Waals surface area contributed by atoms with Crippen molar-refractivity contribution in [1.82, 2.24) is 14.5 Å². The number of hydrogen-bond acceptors (Lipinski definition) is 4. The van der Waals surface area contributed by atoms with E-state index in [-0.39, 0.29) is 0 Å². The van der Waals surface area contributed by atoms with Crippen molar-refractivity contribution in [3.8, 4) is 12.8 Å². The fourth-order valence-electron chi connectivity index (χ4n) is 3.56. The van der Waals surface area contributed by atoms with Crippen LogP contribution in [0.3, 0.4) is 0 Å². The van der Waals surface area contributed by atoms with Crippen LogP contribution in [0.15, 0.2) is 54.2 Å². The molecule has 4 rings (SSSR count). The number of rotatable bonds is 3. The summed E-state index contributed by atoms with van der Waals surface area (Å²) in [6, 6.07) is 9.65. The molecule has 0 aliphatic heterocycles. The summed E-state index contributed by atoms with van der Waals surface area (Å²) in [4.78, 5) is 20.8. The van der Waals surface area contributed by atoms with Gasteiger partial charge in [0.05, 0.1) is 23.9 Å². The molecular weight excluding hydrogens is 396 g/mol. The van der Waals surface area contributed by atoms with Gasteiger partial charge in [0.25, 0.3) is 0 Å². The number of hydrogen-bond donors (Lipinski definition) is 0. The highest BCUT2D eigenvalue weighted by atomic mass is 35.5. The SMILES string of the molecule is C#C.CC.Cn1cncc1C(C)(N=O)C1=Cc2cccnc2Cc2ccc(Cl)cc21. The summed E-state index contributed by atoms with van der Waals surface area (Å²) in [5.41, 5.74) is 4.32. The van der Waals surface area contributed by atoms with Gasteiger partial charge in [-0.1, -0.05) is 42.8 Å². The topological polar surface area (TPSA) is 60.1 Å². The van der Waals surface area contributed by atoms with Crippen LogP contribution in [0.5, 0.6) is 0 Å². The van der Waals surface area contributed by atoms with E-state index in [2.05, 4.69) is 28.0 Å². The van der Waals surface area contributed by atoms with Crippen LogP contribution >= 0.6 is 11.6 Å². The molecule has 1 aliphatic rings. The lowest BCUT2D eigenvalue weighted by atomic mass is 9.82. The minimum Gasteiger partial charge on any atom is -0.335 e. The lowest BCUT2D eigenvalue weighted by molar-refractivity contribution is 0.593. The summed E-state index contributed by atoms with van der Waals surface area (Å²) >= 11 is 6.29. The number of imidazole rings is 1. The number of pyridine rings is 1. The molecule has 3 aromatic rings. The van der Waals surface area contributed by atoms with Gasteiger partial charge < -0.3 is 4.57 Å². The number of nitroso groups, excluding NO2 is 1. The van der Waals surface area contributed by atoms with Gasteiger partial charge in [-0.2, -0.15) is 0 Å². The first-order chi connectivity index (χ1) is 14.5. The van der Waals surface area contributed by atoms with Crippen LogP contribution in [0.1, 0.15) is 48.8 Å². The molecule has 0 saturated heterocycles. The van der Waals surface area contributed by atoms with E-state index in [9.17, 15) is 4.91 Å². The Kier molecular flexibility index (Phi) is 7.68. The molecule has 6 heteroatoms. The maximum absolute atomic E-state index is 12.1. The van der Waals surface area contributed by atoms with Gasteiger partial charge in [0.15, 0.2) is 5.54 Å². The Hall–Kier alpha value is -3.23. The standard InChI is InChI=1S/C20H17ClN4O.C2H6.C2H2/c1-20(24-26,19-11-22-12-25(19)2)17-8-14-4-3-7-23-18(14)9-13-5-6-15(21)10-16(13)17;2*1-2/h3-8,10-12H,9H2,1-2H3;1-2H3;1-2H. The van der Waals surface area contributed by atoms with Gasteiger partial charge in [-0.25, -0.2) is 4.98 Å². The lowest BCUT2D eigenvalue weighted by Gasteiger charge is -2.26. The van der Waals surface area contributed by atoms with E-state index in [1.165, 1.54) is 0 Å². The van der Waals surface area contributed by atoms with Gasteiger partial charge in [-0.15, -0.1) is 17.8 Å². The monoisotopic (exact) mass is 420 g/mol. The zero-order chi connectivity index (χ0) is 22.3. The van der Waals surface area contributed by atoms with Crippen molar-refractivity contribution in [2.45, 2.75) is 32.7 Å². The van der Waals surface area contributed by atoms with E-state index in [0.29, 0.717) is 11.4 Å². The summed E-state index contributed by atoms with van der Waals surface area (Å²) in [5.74, 6) is 0. The largest absolute Gasteiger partial charge is 0.335 e. The van der Waals surface area contributed by atoms with Crippen molar-refractivity contribution in [3.63, 3.8) is 0 Å². The van der Waals surface area contributed by atoms with Gasteiger partial charge in [0.2, 0.25) is 0 Å². The Labute approximate surface area is 182 Å². The van der Waals surface area contributed by atoms with Gasteiger partial charge >= 0.3 is 0 Å². The van der Waals surface area contributed by atoms with Crippen LogP contribution in [0.25, 0.3) is 11.6 Å². The molecule has 2 aromatic heterocycles. The van der Waals surface area contributed by atoms with Gasteiger partial charge in [0, 0.05) is 24.7 Å². The number of nitrogens with zero attached hydrogens (tertiary/aromatic N) is 4. The van der Waals surface area contributed by atoms with Crippen molar-refractivity contribution >= 4 is 23.3 Å². The zero-order valence-corrected chi connectivity index (χ0v) is 18.4. The summed E-state index contributed by atoms with van der Waals surface area (Å²) in [6.07, 6.45) is 15.8. The van der Waals surface area contributed by atoms with Gasteiger partial charge in [0.1, 0.15) is 0 Å². The number of halogens is 1. The zero-order valence-electron chi connectivity index (χ0n) is 17.6. The van der Waals surface area contributed by atoms with Crippen LogP contribution in [0.2, 0.25) is 5.02 Å². The first-order valence-corrected chi connectivity index (χ1v) is 10.0. The molecular formula is C24H25ClN4O. The molecule has 2 heterocycles. The highest BCUT2D eigenvalue weighted by molar-refractivity contribution is 6.30. The highest BCUT2D eigenvalue weighted by Gasteiger charge is 2.38. The van der Waals surface area contributed by atoms with Gasteiger partial charge in [-0.3, -0.25) is 4.98 Å². The van der Waals surface area contributed by atoms with E-state index < -0.39 is 5.54 Å². The van der Waals surface area contributed by atoms with E-state index in [0.717, 1.165) is 33.7 Å². The number of aromatic nitrogens is 3. The molecule has 5 nitrogen and oxygen atoms in total. The Bertz CT molecular complexity index is 1080. The van der Waals surface area contributed by atoms with Crippen molar-refractivity contribution < 1.29 is 0 Å². The number of fused-ring (bicyclic) bond motifs is 2. The summed E-state index contributed by atoms with van der Waals surface area (Å²) < 4.78 is 1.82. The van der Waals surface area contributed by atoms with E-state index >= 15 is 0 Å².